The van der Waals surface area contributed by atoms with Crippen LogP contribution in [0.3, 0.4) is 0 Å². The fraction of sp³-hybridized carbons (Fsp3) is 0.810. The number of hydrogen-bond acceptors (Lipinski definition) is 6. The molecule has 0 amide bonds. The summed E-state index contributed by atoms with van der Waals surface area (Å²) in [6, 6.07) is 0.110. The van der Waals surface area contributed by atoms with Gasteiger partial charge < -0.3 is 9.64 Å². The fourth-order valence-corrected chi connectivity index (χ4v) is 4.57. The lowest BCUT2D eigenvalue weighted by molar-refractivity contribution is -0.149. The van der Waals surface area contributed by atoms with Gasteiger partial charge in [0.1, 0.15) is 6.10 Å². The molecule has 1 saturated heterocycles. The van der Waals surface area contributed by atoms with Crippen molar-refractivity contribution >= 4 is 0 Å². The molecule has 0 spiro atoms. The zero-order chi connectivity index (χ0) is 22.5. The third-order valence-electron chi connectivity index (χ3n) is 6.20. The van der Waals surface area contributed by atoms with Crippen molar-refractivity contribution in [2.45, 2.75) is 46.0 Å². The average Bonchev–Trinajstić information content (AvgIpc) is 2.70. The first-order valence-corrected chi connectivity index (χ1v) is 10.8. The quantitative estimate of drug-likeness (QED) is 0.545. The van der Waals surface area contributed by atoms with Crippen LogP contribution in [0.1, 0.15) is 27.7 Å². The lowest BCUT2D eigenvalue weighted by Crippen LogP contribution is -2.53. The molecular formula is C21H38F3N5O. The molecule has 0 aromatic rings. The van der Waals surface area contributed by atoms with Crippen LogP contribution in [0.5, 0.6) is 0 Å². The van der Waals surface area contributed by atoms with Crippen LogP contribution in [0.25, 0.3) is 0 Å². The highest BCUT2D eigenvalue weighted by molar-refractivity contribution is 5.36. The summed E-state index contributed by atoms with van der Waals surface area (Å²) in [5.74, 6) is 0.286. The molecule has 2 unspecified atom stereocenters. The number of nitrogens with zero attached hydrogens (tertiary/aromatic N) is 3. The Kier molecular flexibility index (Phi) is 9.17. The van der Waals surface area contributed by atoms with E-state index in [1.54, 1.807) is 7.11 Å². The molecule has 174 valence electrons. The van der Waals surface area contributed by atoms with Crippen LogP contribution in [0.15, 0.2) is 23.0 Å². The SMILES string of the molecule is CCN1C=C([C@@H](C)CNNC)C(OC)C(C)=C1C(C)N1CCN(CC(F)(F)F)CC1. The number of piperazine rings is 1. The highest BCUT2D eigenvalue weighted by atomic mass is 19.4. The zero-order valence-electron chi connectivity index (χ0n) is 19.1. The molecule has 0 saturated carbocycles. The minimum absolute atomic E-state index is 0.0922. The number of likely N-dealkylation sites (N-methyl/N-ethyl adjacent to an activating group) is 1. The second kappa shape index (κ2) is 10.9. The number of rotatable bonds is 9. The number of nitrogens with one attached hydrogen (secondary N) is 2. The molecule has 1 fully saturated rings. The Hall–Kier alpha value is -1.13. The third-order valence-corrected chi connectivity index (χ3v) is 6.20. The van der Waals surface area contributed by atoms with E-state index in [1.165, 1.54) is 21.7 Å². The zero-order valence-corrected chi connectivity index (χ0v) is 19.1. The van der Waals surface area contributed by atoms with Crippen LogP contribution >= 0.6 is 0 Å². The normalized spacial score (nSPS) is 24.2. The Balaban J connectivity index is 2.15. The van der Waals surface area contributed by atoms with E-state index < -0.39 is 12.7 Å². The first-order valence-electron chi connectivity index (χ1n) is 10.8. The second-order valence-corrected chi connectivity index (χ2v) is 8.23. The lowest BCUT2D eigenvalue weighted by atomic mass is 9.87. The summed E-state index contributed by atoms with van der Waals surface area (Å²) in [7, 11) is 3.59. The van der Waals surface area contributed by atoms with Crippen molar-refractivity contribution in [1.82, 2.24) is 25.6 Å². The Morgan fingerprint density at radius 2 is 1.83 bits per heavy atom. The number of alkyl halides is 3. The minimum Gasteiger partial charge on any atom is -0.373 e. The molecule has 2 rings (SSSR count). The topological polar surface area (TPSA) is 43.0 Å². The molecule has 3 atom stereocenters. The van der Waals surface area contributed by atoms with Crippen molar-refractivity contribution in [2.24, 2.45) is 5.92 Å². The summed E-state index contributed by atoms with van der Waals surface area (Å²) in [6.07, 6.45) is -2.03. The number of hydrogen-bond donors (Lipinski definition) is 2. The van der Waals surface area contributed by atoms with Crippen molar-refractivity contribution in [1.29, 1.82) is 0 Å². The van der Waals surface area contributed by atoms with Gasteiger partial charge in [-0.15, -0.1) is 0 Å². The minimum atomic E-state index is -4.14. The van der Waals surface area contributed by atoms with Gasteiger partial charge in [0.05, 0.1) is 6.54 Å². The van der Waals surface area contributed by atoms with E-state index in [4.69, 9.17) is 4.74 Å². The smallest absolute Gasteiger partial charge is 0.373 e. The largest absolute Gasteiger partial charge is 0.401 e. The van der Waals surface area contributed by atoms with Gasteiger partial charge in [-0.1, -0.05) is 6.92 Å². The molecule has 0 bridgehead atoms. The van der Waals surface area contributed by atoms with E-state index in [1.807, 2.05) is 7.05 Å². The molecule has 0 aliphatic carbocycles. The van der Waals surface area contributed by atoms with Crippen molar-refractivity contribution < 1.29 is 17.9 Å². The summed E-state index contributed by atoms with van der Waals surface area (Å²) in [6.45, 7) is 11.5. The highest BCUT2D eigenvalue weighted by Crippen LogP contribution is 2.34. The summed E-state index contributed by atoms with van der Waals surface area (Å²) < 4.78 is 44.0. The van der Waals surface area contributed by atoms with Gasteiger partial charge in [-0.3, -0.25) is 20.7 Å². The third kappa shape index (κ3) is 6.20. The molecule has 2 heterocycles. The number of methoxy groups -OCH3 is 1. The average molecular weight is 434 g/mol. The molecule has 2 N–H and O–H groups in total. The Bertz CT molecular complexity index is 614. The van der Waals surface area contributed by atoms with Crippen molar-refractivity contribution in [2.75, 3.05) is 60.0 Å². The molecule has 30 heavy (non-hydrogen) atoms. The number of hydrazine groups is 1. The van der Waals surface area contributed by atoms with E-state index in [2.05, 4.69) is 54.5 Å². The van der Waals surface area contributed by atoms with Gasteiger partial charge in [-0.05, 0) is 44.9 Å². The van der Waals surface area contributed by atoms with Gasteiger partial charge in [-0.2, -0.15) is 13.2 Å². The van der Waals surface area contributed by atoms with Gasteiger partial charge in [-0.25, -0.2) is 0 Å². The van der Waals surface area contributed by atoms with E-state index in [0.717, 1.165) is 13.1 Å². The first kappa shape index (κ1) is 25.1. The molecule has 0 aromatic carbocycles. The maximum absolute atomic E-state index is 12.7. The second-order valence-electron chi connectivity index (χ2n) is 8.23. The van der Waals surface area contributed by atoms with Crippen LogP contribution in [0.2, 0.25) is 0 Å². The summed E-state index contributed by atoms with van der Waals surface area (Å²) in [5, 5.41) is 0. The van der Waals surface area contributed by atoms with E-state index in [0.29, 0.717) is 26.2 Å². The number of halogens is 3. The van der Waals surface area contributed by atoms with Crippen LogP contribution < -0.4 is 10.9 Å². The Morgan fingerprint density at radius 3 is 2.33 bits per heavy atom. The maximum atomic E-state index is 12.7. The predicted molar refractivity (Wildman–Crippen MR) is 114 cm³/mol. The molecule has 0 radical (unpaired) electrons. The van der Waals surface area contributed by atoms with Gasteiger partial charge in [0, 0.05) is 64.3 Å². The number of ether oxygens (including phenoxy) is 1. The van der Waals surface area contributed by atoms with Gasteiger partial charge in [0.2, 0.25) is 0 Å². The van der Waals surface area contributed by atoms with Crippen molar-refractivity contribution in [3.63, 3.8) is 0 Å². The molecule has 0 aromatic heterocycles. The van der Waals surface area contributed by atoms with Crippen molar-refractivity contribution in [3.8, 4) is 0 Å². The van der Waals surface area contributed by atoms with Gasteiger partial charge >= 0.3 is 6.18 Å². The molecule has 6 nitrogen and oxygen atoms in total. The van der Waals surface area contributed by atoms with Gasteiger partial charge in [0.25, 0.3) is 0 Å². The summed E-state index contributed by atoms with van der Waals surface area (Å²) >= 11 is 0. The van der Waals surface area contributed by atoms with E-state index in [-0.39, 0.29) is 18.1 Å². The van der Waals surface area contributed by atoms with Crippen LogP contribution in [0, 0.1) is 5.92 Å². The van der Waals surface area contributed by atoms with E-state index in [9.17, 15) is 13.2 Å². The maximum Gasteiger partial charge on any atom is 0.401 e. The Labute approximate surface area is 179 Å². The summed E-state index contributed by atoms with van der Waals surface area (Å²) in [4.78, 5) is 6.06. The standard InChI is InChI=1S/C21H38F3N5O/c1-7-28-13-18(15(2)12-26-25-5)20(30-6)16(3)19(28)17(4)29-10-8-27(9-11-29)14-21(22,23)24/h13,15,17,20,25-26H,7-12,14H2,1-6H3/t15-,17?,20?/m0/s1. The van der Waals surface area contributed by atoms with Crippen LogP contribution in [-0.4, -0.2) is 93.0 Å². The highest BCUT2D eigenvalue weighted by Gasteiger charge is 2.36. The Morgan fingerprint density at radius 1 is 1.20 bits per heavy atom. The predicted octanol–water partition coefficient (Wildman–Crippen LogP) is 2.42. The fourth-order valence-electron chi connectivity index (χ4n) is 4.57. The molecule has 2 aliphatic heterocycles. The summed E-state index contributed by atoms with van der Waals surface area (Å²) in [5.41, 5.74) is 9.75. The molecular weight excluding hydrogens is 395 g/mol. The monoisotopic (exact) mass is 433 g/mol. The first-order chi connectivity index (χ1) is 14.1. The molecule has 9 heteroatoms. The van der Waals surface area contributed by atoms with Crippen LogP contribution in [-0.2, 0) is 4.74 Å². The molecule has 2 aliphatic rings. The van der Waals surface area contributed by atoms with Crippen LogP contribution in [0.4, 0.5) is 13.2 Å². The van der Waals surface area contributed by atoms with Crippen molar-refractivity contribution in [3.05, 3.63) is 23.0 Å². The van der Waals surface area contributed by atoms with E-state index >= 15 is 0 Å². The lowest BCUT2D eigenvalue weighted by Gasteiger charge is -2.44. The van der Waals surface area contributed by atoms with Gasteiger partial charge in [0.15, 0.2) is 0 Å².